The first-order chi connectivity index (χ1) is 9.54. The Morgan fingerprint density at radius 2 is 2.00 bits per heavy atom. The minimum atomic E-state index is -3.08. The predicted molar refractivity (Wildman–Crippen MR) is 82.3 cm³/mol. The van der Waals surface area contributed by atoms with Gasteiger partial charge in [0, 0.05) is 25.2 Å². The molecule has 0 radical (unpaired) electrons. The number of nitrogens with zero attached hydrogens (tertiary/aromatic N) is 2. The molecule has 0 bridgehead atoms. The van der Waals surface area contributed by atoms with Gasteiger partial charge in [-0.15, -0.1) is 0 Å². The molecule has 2 atom stereocenters. The Labute approximate surface area is 123 Å². The van der Waals surface area contributed by atoms with E-state index in [0.29, 0.717) is 18.3 Å². The molecule has 0 aliphatic carbocycles. The van der Waals surface area contributed by atoms with Gasteiger partial charge in [-0.3, -0.25) is 4.90 Å². The van der Waals surface area contributed by atoms with Crippen molar-refractivity contribution in [3.63, 3.8) is 0 Å². The summed E-state index contributed by atoms with van der Waals surface area (Å²) in [6, 6.07) is 0.575. The first-order valence-corrected chi connectivity index (χ1v) is 9.53. The van der Waals surface area contributed by atoms with Crippen LogP contribution in [0.15, 0.2) is 0 Å². The third-order valence-electron chi connectivity index (χ3n) is 4.57. The fraction of sp³-hybridized carbons (Fsp3) is 1.00. The van der Waals surface area contributed by atoms with Crippen LogP contribution in [0.5, 0.6) is 0 Å². The third kappa shape index (κ3) is 3.93. The van der Waals surface area contributed by atoms with Crippen LogP contribution in [-0.4, -0.2) is 68.7 Å². The molecule has 6 heteroatoms. The molecule has 2 aliphatic heterocycles. The summed E-state index contributed by atoms with van der Waals surface area (Å²) in [5, 5.41) is 3.06. The molecule has 1 N–H and O–H groups in total. The Morgan fingerprint density at radius 3 is 2.75 bits per heavy atom. The predicted octanol–water partition coefficient (Wildman–Crippen LogP) is 0.874. The molecular formula is C14H29N3O2S. The summed E-state index contributed by atoms with van der Waals surface area (Å²) in [5.74, 6) is 0.297. The molecule has 0 aromatic heterocycles. The van der Waals surface area contributed by atoms with Crippen LogP contribution >= 0.6 is 0 Å². The van der Waals surface area contributed by atoms with Gasteiger partial charge in [-0.25, -0.2) is 8.42 Å². The highest BCUT2D eigenvalue weighted by atomic mass is 32.2. The van der Waals surface area contributed by atoms with Crippen molar-refractivity contribution >= 4 is 10.0 Å². The third-order valence-corrected chi connectivity index (χ3v) is 6.59. The van der Waals surface area contributed by atoms with Gasteiger partial charge < -0.3 is 5.32 Å². The van der Waals surface area contributed by atoms with Gasteiger partial charge >= 0.3 is 0 Å². The van der Waals surface area contributed by atoms with Gasteiger partial charge in [0.05, 0.1) is 5.75 Å². The summed E-state index contributed by atoms with van der Waals surface area (Å²) >= 11 is 0. The molecule has 5 nitrogen and oxygen atoms in total. The lowest BCUT2D eigenvalue weighted by Gasteiger charge is -2.46. The fourth-order valence-electron chi connectivity index (χ4n) is 3.42. The molecule has 0 aromatic rings. The lowest BCUT2D eigenvalue weighted by molar-refractivity contribution is 0.0564. The fourth-order valence-corrected chi connectivity index (χ4v) is 5.23. The SMILES string of the molecule is CNCCCCS(=O)(=O)N1CC2CCCCN2CC1C. The van der Waals surface area contributed by atoms with E-state index in [2.05, 4.69) is 17.1 Å². The van der Waals surface area contributed by atoms with Crippen LogP contribution in [0.2, 0.25) is 0 Å². The van der Waals surface area contributed by atoms with E-state index >= 15 is 0 Å². The number of hydrogen-bond donors (Lipinski definition) is 1. The molecule has 2 heterocycles. The van der Waals surface area contributed by atoms with E-state index in [4.69, 9.17) is 0 Å². The lowest BCUT2D eigenvalue weighted by Crippen LogP contribution is -2.60. The minimum absolute atomic E-state index is 0.124. The van der Waals surface area contributed by atoms with E-state index in [1.165, 1.54) is 12.8 Å². The number of piperidine rings is 1. The van der Waals surface area contributed by atoms with Crippen LogP contribution in [0, 0.1) is 0 Å². The lowest BCUT2D eigenvalue weighted by atomic mass is 9.99. The second kappa shape index (κ2) is 7.20. The van der Waals surface area contributed by atoms with E-state index in [1.807, 2.05) is 7.05 Å². The van der Waals surface area contributed by atoms with E-state index in [-0.39, 0.29) is 6.04 Å². The van der Waals surface area contributed by atoms with E-state index in [0.717, 1.165) is 38.9 Å². The molecule has 2 rings (SSSR count). The Kier molecular flexibility index (Phi) is 5.84. The standard InChI is InChI=1S/C14H29N3O2S/c1-13-11-16-9-5-3-7-14(16)12-17(13)20(18,19)10-6-4-8-15-2/h13-15H,3-12H2,1-2H3. The van der Waals surface area contributed by atoms with E-state index in [1.54, 1.807) is 4.31 Å². The number of fused-ring (bicyclic) bond motifs is 1. The van der Waals surface area contributed by atoms with Crippen molar-refractivity contribution in [2.75, 3.05) is 39.0 Å². The molecule has 0 spiro atoms. The average Bonchev–Trinajstić information content (AvgIpc) is 2.43. The highest BCUT2D eigenvalue weighted by Crippen LogP contribution is 2.26. The van der Waals surface area contributed by atoms with Crippen molar-refractivity contribution in [2.24, 2.45) is 0 Å². The molecular weight excluding hydrogens is 274 g/mol. The second-order valence-electron chi connectivity index (χ2n) is 6.19. The Morgan fingerprint density at radius 1 is 1.20 bits per heavy atom. The molecule has 2 saturated heterocycles. The van der Waals surface area contributed by atoms with Crippen LogP contribution < -0.4 is 5.32 Å². The molecule has 20 heavy (non-hydrogen) atoms. The molecule has 2 unspecified atom stereocenters. The number of hydrogen-bond acceptors (Lipinski definition) is 4. The number of rotatable bonds is 6. The number of piperazine rings is 1. The van der Waals surface area contributed by atoms with Crippen molar-refractivity contribution in [3.8, 4) is 0 Å². The van der Waals surface area contributed by atoms with Gasteiger partial charge in [-0.05, 0) is 52.7 Å². The second-order valence-corrected chi connectivity index (χ2v) is 8.23. The van der Waals surface area contributed by atoms with E-state index in [9.17, 15) is 8.42 Å². The van der Waals surface area contributed by atoms with Crippen molar-refractivity contribution in [1.82, 2.24) is 14.5 Å². The molecule has 0 amide bonds. The summed E-state index contributed by atoms with van der Waals surface area (Å²) < 4.78 is 26.8. The van der Waals surface area contributed by atoms with Crippen molar-refractivity contribution in [3.05, 3.63) is 0 Å². The highest BCUT2D eigenvalue weighted by Gasteiger charge is 2.38. The smallest absolute Gasteiger partial charge is 0.214 e. The first-order valence-electron chi connectivity index (χ1n) is 7.93. The van der Waals surface area contributed by atoms with Crippen molar-refractivity contribution < 1.29 is 8.42 Å². The van der Waals surface area contributed by atoms with Crippen LogP contribution in [-0.2, 0) is 10.0 Å². The number of nitrogens with one attached hydrogen (secondary N) is 1. The summed E-state index contributed by atoms with van der Waals surface area (Å²) in [6.45, 7) is 5.69. The number of unbranched alkanes of at least 4 members (excludes halogenated alkanes) is 1. The normalized spacial score (nSPS) is 29.3. The molecule has 0 aromatic carbocycles. The summed E-state index contributed by atoms with van der Waals surface area (Å²) in [6.07, 6.45) is 5.33. The average molecular weight is 303 g/mol. The summed E-state index contributed by atoms with van der Waals surface area (Å²) in [4.78, 5) is 2.49. The summed E-state index contributed by atoms with van der Waals surface area (Å²) in [7, 11) is -1.18. The maximum atomic E-state index is 12.5. The van der Waals surface area contributed by atoms with Crippen LogP contribution in [0.3, 0.4) is 0 Å². The molecule has 118 valence electrons. The maximum Gasteiger partial charge on any atom is 0.214 e. The largest absolute Gasteiger partial charge is 0.320 e. The van der Waals surface area contributed by atoms with Gasteiger partial charge in [0.2, 0.25) is 10.0 Å². The highest BCUT2D eigenvalue weighted by molar-refractivity contribution is 7.89. The number of sulfonamides is 1. The Balaban J connectivity index is 1.92. The van der Waals surface area contributed by atoms with Gasteiger partial charge in [-0.1, -0.05) is 6.42 Å². The van der Waals surface area contributed by atoms with Crippen molar-refractivity contribution in [1.29, 1.82) is 0 Å². The monoisotopic (exact) mass is 303 g/mol. The van der Waals surface area contributed by atoms with Crippen LogP contribution in [0.25, 0.3) is 0 Å². The maximum absolute atomic E-state index is 12.5. The zero-order chi connectivity index (χ0) is 14.6. The van der Waals surface area contributed by atoms with Crippen molar-refractivity contribution in [2.45, 2.75) is 51.1 Å². The Bertz CT molecular complexity index is 399. The summed E-state index contributed by atoms with van der Waals surface area (Å²) in [5.41, 5.74) is 0. The van der Waals surface area contributed by atoms with Gasteiger partial charge in [0.25, 0.3) is 0 Å². The zero-order valence-electron chi connectivity index (χ0n) is 12.8. The van der Waals surface area contributed by atoms with Gasteiger partial charge in [0.1, 0.15) is 0 Å². The first kappa shape index (κ1) is 16.2. The minimum Gasteiger partial charge on any atom is -0.320 e. The van der Waals surface area contributed by atoms with Crippen LogP contribution in [0.1, 0.15) is 39.0 Å². The topological polar surface area (TPSA) is 52.7 Å². The zero-order valence-corrected chi connectivity index (χ0v) is 13.7. The van der Waals surface area contributed by atoms with Crippen LogP contribution in [0.4, 0.5) is 0 Å². The van der Waals surface area contributed by atoms with Gasteiger partial charge in [0.15, 0.2) is 0 Å². The van der Waals surface area contributed by atoms with E-state index < -0.39 is 10.0 Å². The molecule has 2 fully saturated rings. The molecule has 0 saturated carbocycles. The quantitative estimate of drug-likeness (QED) is 0.740. The van der Waals surface area contributed by atoms with Gasteiger partial charge in [-0.2, -0.15) is 4.31 Å². The molecule has 2 aliphatic rings. The Hall–Kier alpha value is -0.170.